The van der Waals surface area contributed by atoms with Crippen LogP contribution in [0.4, 0.5) is 0 Å². The van der Waals surface area contributed by atoms with Crippen LogP contribution in [0.1, 0.15) is 31.2 Å². The van der Waals surface area contributed by atoms with E-state index < -0.39 is 0 Å². The number of thioether (sulfide) groups is 1. The molecule has 0 radical (unpaired) electrons. The Balaban J connectivity index is 1.26. The number of amides is 1. The van der Waals surface area contributed by atoms with Crippen molar-refractivity contribution in [1.29, 1.82) is 0 Å². The van der Waals surface area contributed by atoms with Crippen molar-refractivity contribution in [2.45, 2.75) is 37.5 Å². The van der Waals surface area contributed by atoms with E-state index in [0.717, 1.165) is 78.7 Å². The molecule has 5 nitrogen and oxygen atoms in total. The first kappa shape index (κ1) is 22.3. The average molecular weight is 469 g/mol. The first-order chi connectivity index (χ1) is 14.5. The molecule has 164 valence electrons. The van der Waals surface area contributed by atoms with Crippen LogP contribution in [0.2, 0.25) is 10.0 Å². The minimum absolute atomic E-state index is 0.242. The van der Waals surface area contributed by atoms with Gasteiger partial charge in [-0.15, -0.1) is 11.8 Å². The summed E-state index contributed by atoms with van der Waals surface area (Å²) in [5.41, 5.74) is 8.21. The van der Waals surface area contributed by atoms with Gasteiger partial charge in [0.15, 0.2) is 0 Å². The molecular weight excluding hydrogens is 439 g/mol. The molecule has 2 heterocycles. The highest BCUT2D eigenvalue weighted by Crippen LogP contribution is 2.31. The standard InChI is InChI=1S/C22H30Cl2N4OS/c23-17-4-5-19(24)16(12-17)15-30-21-13-26(7-6-20(21)25)14-22(29)28-10-8-27(9-11-28)18-2-1-3-18/h4-5,12,18H,1-3,6-11,13-15,25H2. The van der Waals surface area contributed by atoms with Gasteiger partial charge in [0.1, 0.15) is 0 Å². The van der Waals surface area contributed by atoms with Gasteiger partial charge in [-0.2, -0.15) is 0 Å². The lowest BCUT2D eigenvalue weighted by Crippen LogP contribution is -2.55. The van der Waals surface area contributed by atoms with Crippen molar-refractivity contribution in [3.63, 3.8) is 0 Å². The number of carbonyl (C=O) groups excluding carboxylic acids is 1. The van der Waals surface area contributed by atoms with Gasteiger partial charge in [0.05, 0.1) is 6.54 Å². The lowest BCUT2D eigenvalue weighted by molar-refractivity contribution is -0.134. The van der Waals surface area contributed by atoms with Crippen molar-refractivity contribution in [2.75, 3.05) is 45.8 Å². The van der Waals surface area contributed by atoms with Crippen molar-refractivity contribution in [2.24, 2.45) is 5.73 Å². The Morgan fingerprint density at radius 2 is 1.90 bits per heavy atom. The van der Waals surface area contributed by atoms with Gasteiger partial charge in [-0.3, -0.25) is 14.6 Å². The fourth-order valence-corrected chi connectivity index (χ4v) is 5.86. The molecule has 1 aromatic carbocycles. The van der Waals surface area contributed by atoms with Crippen LogP contribution in [-0.2, 0) is 10.5 Å². The zero-order valence-electron chi connectivity index (χ0n) is 17.3. The molecule has 1 aromatic rings. The van der Waals surface area contributed by atoms with Crippen molar-refractivity contribution in [1.82, 2.24) is 14.7 Å². The normalized spacial score (nSPS) is 21.7. The van der Waals surface area contributed by atoms with Gasteiger partial charge in [0.25, 0.3) is 0 Å². The van der Waals surface area contributed by atoms with E-state index in [2.05, 4.69) is 9.80 Å². The molecular formula is C22H30Cl2N4OS. The molecule has 0 unspecified atom stereocenters. The molecule has 2 aliphatic heterocycles. The molecule has 2 N–H and O–H groups in total. The van der Waals surface area contributed by atoms with Gasteiger partial charge >= 0.3 is 0 Å². The second-order valence-electron chi connectivity index (χ2n) is 8.43. The van der Waals surface area contributed by atoms with Crippen LogP contribution in [0, 0.1) is 0 Å². The van der Waals surface area contributed by atoms with Crippen molar-refractivity contribution < 1.29 is 4.79 Å². The molecule has 1 amide bonds. The van der Waals surface area contributed by atoms with Crippen LogP contribution in [0.15, 0.2) is 28.8 Å². The third-order valence-corrected chi connectivity index (χ3v) is 8.25. The monoisotopic (exact) mass is 468 g/mol. The Morgan fingerprint density at radius 3 is 2.60 bits per heavy atom. The quantitative estimate of drug-likeness (QED) is 0.687. The zero-order chi connectivity index (χ0) is 21.1. The van der Waals surface area contributed by atoms with E-state index in [4.69, 9.17) is 28.9 Å². The highest BCUT2D eigenvalue weighted by Gasteiger charge is 2.30. The molecule has 3 aliphatic rings. The summed E-state index contributed by atoms with van der Waals surface area (Å²) in [5, 5.41) is 1.40. The third-order valence-electron chi connectivity index (χ3n) is 6.45. The zero-order valence-corrected chi connectivity index (χ0v) is 19.6. The fraction of sp³-hybridized carbons (Fsp3) is 0.591. The van der Waals surface area contributed by atoms with E-state index in [-0.39, 0.29) is 5.91 Å². The Labute approximate surface area is 193 Å². The predicted octanol–water partition coefficient (Wildman–Crippen LogP) is 3.80. The number of piperazine rings is 1. The summed E-state index contributed by atoms with van der Waals surface area (Å²) in [7, 11) is 0. The summed E-state index contributed by atoms with van der Waals surface area (Å²) in [4.78, 5) is 20.8. The van der Waals surface area contributed by atoms with Gasteiger partial charge in [0.2, 0.25) is 5.91 Å². The van der Waals surface area contributed by atoms with Crippen LogP contribution in [0.25, 0.3) is 0 Å². The SMILES string of the molecule is NC1=C(SCc2cc(Cl)ccc2Cl)CN(CC(=O)N2CCN(C3CCC3)CC2)CC1. The molecule has 0 atom stereocenters. The predicted molar refractivity (Wildman–Crippen MR) is 126 cm³/mol. The summed E-state index contributed by atoms with van der Waals surface area (Å²) in [6.45, 7) is 5.78. The van der Waals surface area contributed by atoms with E-state index in [1.165, 1.54) is 19.3 Å². The molecule has 0 aromatic heterocycles. The Bertz CT molecular complexity index is 806. The molecule has 30 heavy (non-hydrogen) atoms. The van der Waals surface area contributed by atoms with Crippen molar-refractivity contribution >= 4 is 40.9 Å². The maximum absolute atomic E-state index is 12.9. The molecule has 1 saturated carbocycles. The summed E-state index contributed by atoms with van der Waals surface area (Å²) >= 11 is 14.1. The van der Waals surface area contributed by atoms with E-state index >= 15 is 0 Å². The number of nitrogens with two attached hydrogens (primary N) is 1. The highest BCUT2D eigenvalue weighted by molar-refractivity contribution is 8.02. The summed E-state index contributed by atoms with van der Waals surface area (Å²) in [6.07, 6.45) is 4.82. The van der Waals surface area contributed by atoms with Crippen LogP contribution >= 0.6 is 35.0 Å². The molecule has 1 aliphatic carbocycles. The molecule has 0 spiro atoms. The number of carbonyl (C=O) groups is 1. The Hall–Kier alpha value is -0.920. The summed E-state index contributed by atoms with van der Waals surface area (Å²) in [5.74, 6) is 0.964. The summed E-state index contributed by atoms with van der Waals surface area (Å²) in [6, 6.07) is 6.30. The van der Waals surface area contributed by atoms with Gasteiger partial charge in [-0.25, -0.2) is 0 Å². The van der Waals surface area contributed by atoms with E-state index in [1.807, 2.05) is 17.0 Å². The molecule has 1 saturated heterocycles. The number of rotatable bonds is 6. The van der Waals surface area contributed by atoms with Gasteiger partial charge in [-0.1, -0.05) is 29.6 Å². The maximum Gasteiger partial charge on any atom is 0.236 e. The van der Waals surface area contributed by atoms with Crippen molar-refractivity contribution in [3.8, 4) is 0 Å². The topological polar surface area (TPSA) is 52.8 Å². The van der Waals surface area contributed by atoms with Crippen LogP contribution in [-0.4, -0.2) is 72.5 Å². The van der Waals surface area contributed by atoms with E-state index in [9.17, 15) is 4.79 Å². The number of hydrogen-bond acceptors (Lipinski definition) is 5. The minimum Gasteiger partial charge on any atom is -0.401 e. The Morgan fingerprint density at radius 1 is 1.13 bits per heavy atom. The largest absolute Gasteiger partial charge is 0.401 e. The highest BCUT2D eigenvalue weighted by atomic mass is 35.5. The lowest BCUT2D eigenvalue weighted by Gasteiger charge is -2.43. The summed E-state index contributed by atoms with van der Waals surface area (Å²) < 4.78 is 0. The number of hydrogen-bond donors (Lipinski definition) is 1. The van der Waals surface area contributed by atoms with Crippen LogP contribution < -0.4 is 5.73 Å². The fourth-order valence-electron chi connectivity index (χ4n) is 4.27. The van der Waals surface area contributed by atoms with E-state index in [0.29, 0.717) is 11.6 Å². The number of benzene rings is 1. The average Bonchev–Trinajstić information content (AvgIpc) is 2.70. The number of nitrogens with zero attached hydrogens (tertiary/aromatic N) is 3. The first-order valence-electron chi connectivity index (χ1n) is 10.8. The minimum atomic E-state index is 0.242. The van der Waals surface area contributed by atoms with E-state index in [1.54, 1.807) is 17.8 Å². The Kier molecular flexibility index (Phi) is 7.53. The first-order valence-corrected chi connectivity index (χ1v) is 12.5. The smallest absolute Gasteiger partial charge is 0.236 e. The van der Waals surface area contributed by atoms with Crippen molar-refractivity contribution in [3.05, 3.63) is 44.4 Å². The molecule has 2 fully saturated rings. The second-order valence-corrected chi connectivity index (χ2v) is 10.3. The maximum atomic E-state index is 12.9. The lowest BCUT2D eigenvalue weighted by atomic mass is 9.91. The molecule has 0 bridgehead atoms. The third kappa shape index (κ3) is 5.46. The number of halogens is 2. The van der Waals surface area contributed by atoms with Gasteiger partial charge < -0.3 is 10.6 Å². The molecule has 8 heteroatoms. The van der Waals surface area contributed by atoms with Crippen LogP contribution in [0.3, 0.4) is 0 Å². The van der Waals surface area contributed by atoms with Gasteiger partial charge in [0, 0.05) is 78.1 Å². The van der Waals surface area contributed by atoms with Crippen LogP contribution in [0.5, 0.6) is 0 Å². The van der Waals surface area contributed by atoms with Gasteiger partial charge in [-0.05, 0) is 36.6 Å². The second kappa shape index (κ2) is 10.1. The molecule has 4 rings (SSSR count).